The maximum Gasteiger partial charge on any atom is 0.251 e. The van der Waals surface area contributed by atoms with E-state index in [4.69, 9.17) is 5.73 Å². The van der Waals surface area contributed by atoms with E-state index in [0.29, 0.717) is 11.4 Å². The van der Waals surface area contributed by atoms with Gasteiger partial charge >= 0.3 is 0 Å². The van der Waals surface area contributed by atoms with Crippen molar-refractivity contribution in [3.63, 3.8) is 0 Å². The van der Waals surface area contributed by atoms with Crippen LogP contribution in [0.1, 0.15) is 21.5 Å². The summed E-state index contributed by atoms with van der Waals surface area (Å²) in [4.78, 5) is 16.0. The molecule has 3 rings (SSSR count). The van der Waals surface area contributed by atoms with E-state index in [1.807, 2.05) is 12.1 Å². The van der Waals surface area contributed by atoms with Gasteiger partial charge in [-0.05, 0) is 36.1 Å². The van der Waals surface area contributed by atoms with Gasteiger partial charge in [0, 0.05) is 17.8 Å². The van der Waals surface area contributed by atoms with Crippen LogP contribution in [0.15, 0.2) is 42.6 Å². The van der Waals surface area contributed by atoms with Gasteiger partial charge in [-0.3, -0.25) is 4.79 Å². The molecule has 0 atom stereocenters. The first-order valence-electron chi connectivity index (χ1n) is 6.31. The summed E-state index contributed by atoms with van der Waals surface area (Å²) in [6, 6.07) is 11.7. The van der Waals surface area contributed by atoms with E-state index in [0.717, 1.165) is 12.8 Å². The topological polar surface area (TPSA) is 68.0 Å². The maximum atomic E-state index is 12.1. The van der Waals surface area contributed by atoms with Gasteiger partial charge in [-0.15, -0.1) is 0 Å². The fourth-order valence-electron chi connectivity index (χ4n) is 2.52. The molecule has 1 heterocycles. The summed E-state index contributed by atoms with van der Waals surface area (Å²) >= 11 is 0. The molecule has 96 valence electrons. The van der Waals surface area contributed by atoms with Crippen molar-refractivity contribution in [2.24, 2.45) is 0 Å². The molecule has 0 fully saturated rings. The second kappa shape index (κ2) is 4.72. The van der Waals surface area contributed by atoms with Crippen molar-refractivity contribution in [3.8, 4) is 0 Å². The number of benzene rings is 1. The number of hydrogen-bond acceptors (Lipinski definition) is 3. The van der Waals surface area contributed by atoms with Crippen LogP contribution in [0, 0.1) is 0 Å². The molecule has 0 unspecified atom stereocenters. The van der Waals surface area contributed by atoms with Crippen LogP contribution in [0.25, 0.3) is 0 Å². The Morgan fingerprint density at radius 3 is 2.53 bits per heavy atom. The number of pyridine rings is 1. The Balaban J connectivity index is 1.69. The highest BCUT2D eigenvalue weighted by Gasteiger charge is 2.22. The van der Waals surface area contributed by atoms with Crippen molar-refractivity contribution < 1.29 is 4.79 Å². The quantitative estimate of drug-likeness (QED) is 0.853. The van der Waals surface area contributed by atoms with E-state index in [-0.39, 0.29) is 11.9 Å². The molecule has 1 aliphatic carbocycles. The standard InChI is InChI=1S/C15H15N3O/c16-14-9-12(5-6-17-14)15(19)18-13-7-10-3-1-2-4-11(10)8-13/h1-6,9,13H,7-8H2,(H2,16,17)(H,18,19). The Morgan fingerprint density at radius 1 is 1.21 bits per heavy atom. The van der Waals surface area contributed by atoms with Crippen LogP contribution < -0.4 is 11.1 Å². The molecule has 4 heteroatoms. The van der Waals surface area contributed by atoms with Crippen LogP contribution in [-0.2, 0) is 12.8 Å². The first-order chi connectivity index (χ1) is 9.22. The lowest BCUT2D eigenvalue weighted by Gasteiger charge is -2.12. The zero-order chi connectivity index (χ0) is 13.2. The number of rotatable bonds is 2. The summed E-state index contributed by atoms with van der Waals surface area (Å²) in [7, 11) is 0. The van der Waals surface area contributed by atoms with Gasteiger partial charge in [0.05, 0.1) is 0 Å². The third-order valence-electron chi connectivity index (χ3n) is 3.43. The van der Waals surface area contributed by atoms with E-state index in [1.54, 1.807) is 18.3 Å². The number of nitrogen functional groups attached to an aromatic ring is 1. The van der Waals surface area contributed by atoms with Gasteiger partial charge in [-0.25, -0.2) is 4.98 Å². The minimum atomic E-state index is -0.0908. The summed E-state index contributed by atoms with van der Waals surface area (Å²) in [5.41, 5.74) is 8.78. The van der Waals surface area contributed by atoms with E-state index < -0.39 is 0 Å². The number of hydrogen-bond donors (Lipinski definition) is 2. The Labute approximate surface area is 111 Å². The molecule has 0 radical (unpaired) electrons. The van der Waals surface area contributed by atoms with Gasteiger partial charge in [0.25, 0.3) is 5.91 Å². The molecule has 1 aromatic heterocycles. The van der Waals surface area contributed by atoms with Crippen LogP contribution in [0.3, 0.4) is 0 Å². The predicted octanol–water partition coefficient (Wildman–Crippen LogP) is 1.56. The maximum absolute atomic E-state index is 12.1. The number of carbonyl (C=O) groups is 1. The highest BCUT2D eigenvalue weighted by atomic mass is 16.1. The highest BCUT2D eigenvalue weighted by molar-refractivity contribution is 5.95. The number of carbonyl (C=O) groups excluding carboxylic acids is 1. The summed E-state index contributed by atoms with van der Waals surface area (Å²) in [6.07, 6.45) is 3.33. The highest BCUT2D eigenvalue weighted by Crippen LogP contribution is 2.21. The Bertz CT molecular complexity index is 599. The number of fused-ring (bicyclic) bond motifs is 1. The molecule has 2 aromatic rings. The second-order valence-electron chi connectivity index (χ2n) is 4.82. The number of nitrogens with two attached hydrogens (primary N) is 1. The minimum Gasteiger partial charge on any atom is -0.384 e. The van der Waals surface area contributed by atoms with Crippen LogP contribution in [-0.4, -0.2) is 16.9 Å². The average molecular weight is 253 g/mol. The molecule has 4 nitrogen and oxygen atoms in total. The number of nitrogens with one attached hydrogen (secondary N) is 1. The summed E-state index contributed by atoms with van der Waals surface area (Å²) in [6.45, 7) is 0. The monoisotopic (exact) mass is 253 g/mol. The van der Waals surface area contributed by atoms with Gasteiger partial charge < -0.3 is 11.1 Å². The number of nitrogens with zero attached hydrogens (tertiary/aromatic N) is 1. The third-order valence-corrected chi connectivity index (χ3v) is 3.43. The fraction of sp³-hybridized carbons (Fsp3) is 0.200. The smallest absolute Gasteiger partial charge is 0.251 e. The minimum absolute atomic E-state index is 0.0908. The predicted molar refractivity (Wildman–Crippen MR) is 73.8 cm³/mol. The molecular weight excluding hydrogens is 238 g/mol. The molecule has 19 heavy (non-hydrogen) atoms. The first-order valence-corrected chi connectivity index (χ1v) is 6.31. The van der Waals surface area contributed by atoms with Gasteiger partial charge in [0.2, 0.25) is 0 Å². The fourth-order valence-corrected chi connectivity index (χ4v) is 2.52. The Kier molecular flexibility index (Phi) is 2.91. The molecule has 1 aliphatic rings. The molecular formula is C15H15N3O. The molecule has 0 spiro atoms. The van der Waals surface area contributed by atoms with Crippen LogP contribution in [0.4, 0.5) is 5.82 Å². The molecule has 3 N–H and O–H groups in total. The lowest BCUT2D eigenvalue weighted by molar-refractivity contribution is 0.0938. The largest absolute Gasteiger partial charge is 0.384 e. The number of amides is 1. The number of aromatic nitrogens is 1. The van der Waals surface area contributed by atoms with E-state index in [9.17, 15) is 4.79 Å². The van der Waals surface area contributed by atoms with Crippen molar-refractivity contribution in [1.29, 1.82) is 0 Å². The molecule has 0 bridgehead atoms. The zero-order valence-corrected chi connectivity index (χ0v) is 10.5. The second-order valence-corrected chi connectivity index (χ2v) is 4.82. The van der Waals surface area contributed by atoms with Crippen molar-refractivity contribution in [2.45, 2.75) is 18.9 Å². The third kappa shape index (κ3) is 2.42. The van der Waals surface area contributed by atoms with Crippen molar-refractivity contribution in [2.75, 3.05) is 5.73 Å². The SMILES string of the molecule is Nc1cc(C(=O)NC2Cc3ccccc3C2)ccn1. The molecule has 0 aliphatic heterocycles. The Hall–Kier alpha value is -2.36. The van der Waals surface area contributed by atoms with E-state index in [2.05, 4.69) is 22.4 Å². The molecule has 0 saturated carbocycles. The van der Waals surface area contributed by atoms with Crippen molar-refractivity contribution in [3.05, 3.63) is 59.3 Å². The van der Waals surface area contributed by atoms with Crippen LogP contribution in [0.5, 0.6) is 0 Å². The average Bonchev–Trinajstić information content (AvgIpc) is 2.80. The lowest BCUT2D eigenvalue weighted by Crippen LogP contribution is -2.35. The first kappa shape index (κ1) is 11.7. The van der Waals surface area contributed by atoms with Crippen LogP contribution in [0.2, 0.25) is 0 Å². The summed E-state index contributed by atoms with van der Waals surface area (Å²) < 4.78 is 0. The zero-order valence-electron chi connectivity index (χ0n) is 10.5. The summed E-state index contributed by atoms with van der Waals surface area (Å²) in [5, 5.41) is 3.05. The van der Waals surface area contributed by atoms with Gasteiger partial charge in [0.15, 0.2) is 0 Å². The summed E-state index contributed by atoms with van der Waals surface area (Å²) in [5.74, 6) is 0.272. The van der Waals surface area contributed by atoms with E-state index >= 15 is 0 Å². The van der Waals surface area contributed by atoms with Gasteiger partial charge in [-0.1, -0.05) is 24.3 Å². The normalized spacial score (nSPS) is 14.1. The van der Waals surface area contributed by atoms with Crippen molar-refractivity contribution in [1.82, 2.24) is 10.3 Å². The Morgan fingerprint density at radius 2 is 1.89 bits per heavy atom. The van der Waals surface area contributed by atoms with Gasteiger partial charge in [-0.2, -0.15) is 0 Å². The van der Waals surface area contributed by atoms with Crippen molar-refractivity contribution >= 4 is 11.7 Å². The number of anilines is 1. The lowest BCUT2D eigenvalue weighted by atomic mass is 10.1. The van der Waals surface area contributed by atoms with Crippen LogP contribution >= 0.6 is 0 Å². The molecule has 0 saturated heterocycles. The van der Waals surface area contributed by atoms with E-state index in [1.165, 1.54) is 11.1 Å². The van der Waals surface area contributed by atoms with Gasteiger partial charge in [0.1, 0.15) is 5.82 Å². The molecule has 1 aromatic carbocycles. The molecule has 1 amide bonds.